The fourth-order valence-corrected chi connectivity index (χ4v) is 9.25. The van der Waals surface area contributed by atoms with Crippen LogP contribution in [0.1, 0.15) is 62.0 Å². The molecule has 4 amide bonds. The van der Waals surface area contributed by atoms with Crippen LogP contribution in [0.4, 0.5) is 18.4 Å². The molecule has 5 aromatic rings. The van der Waals surface area contributed by atoms with Crippen LogP contribution < -0.4 is 16.0 Å². The smallest absolute Gasteiger partial charge is 0.408 e. The van der Waals surface area contributed by atoms with Crippen molar-refractivity contribution in [1.29, 1.82) is 0 Å². The molecular formula is C54H67F2N5O8SSi. The van der Waals surface area contributed by atoms with Crippen molar-refractivity contribution in [2.75, 3.05) is 37.7 Å². The number of esters is 1. The van der Waals surface area contributed by atoms with Gasteiger partial charge in [-0.3, -0.25) is 14.4 Å². The number of benzene rings is 4. The third kappa shape index (κ3) is 19.0. The number of ether oxygens (including phenoxy) is 3. The van der Waals surface area contributed by atoms with Gasteiger partial charge in [-0.2, -0.15) is 0 Å². The Morgan fingerprint density at radius 1 is 0.746 bits per heavy atom. The summed E-state index contributed by atoms with van der Waals surface area (Å²) in [5, 5.41) is 8.16. The second kappa shape index (κ2) is 27.2. The van der Waals surface area contributed by atoms with Gasteiger partial charge in [-0.25, -0.2) is 18.4 Å². The van der Waals surface area contributed by atoms with E-state index < -0.39 is 61.3 Å². The van der Waals surface area contributed by atoms with Crippen LogP contribution in [-0.4, -0.2) is 91.3 Å². The lowest BCUT2D eigenvalue weighted by molar-refractivity contribution is -0.144. The van der Waals surface area contributed by atoms with Crippen LogP contribution in [0.15, 0.2) is 121 Å². The number of hydrogen-bond donors (Lipinski definition) is 3. The van der Waals surface area contributed by atoms with Crippen molar-refractivity contribution in [2.24, 2.45) is 5.41 Å². The number of hydrogen-bond acceptors (Lipinski definition) is 9. The molecule has 4 aromatic carbocycles. The fraction of sp³-hybridized carbons (Fsp3) is 0.389. The number of halogens is 2. The number of carbonyl (C=O) groups excluding carboxylic acids is 5. The van der Waals surface area contributed by atoms with Crippen molar-refractivity contribution in [3.63, 3.8) is 0 Å². The van der Waals surface area contributed by atoms with Gasteiger partial charge >= 0.3 is 18.2 Å². The van der Waals surface area contributed by atoms with Crippen molar-refractivity contribution < 1.29 is 47.0 Å². The van der Waals surface area contributed by atoms with Crippen LogP contribution in [0.2, 0.25) is 25.7 Å². The van der Waals surface area contributed by atoms with Gasteiger partial charge in [0.1, 0.15) is 30.9 Å². The average Bonchev–Trinajstić information content (AvgIpc) is 3.73. The lowest BCUT2D eigenvalue weighted by Crippen LogP contribution is -2.49. The van der Waals surface area contributed by atoms with Crippen LogP contribution in [0.3, 0.4) is 0 Å². The molecule has 17 heteroatoms. The zero-order valence-corrected chi connectivity index (χ0v) is 43.3. The van der Waals surface area contributed by atoms with Gasteiger partial charge in [0.05, 0.1) is 24.8 Å². The van der Waals surface area contributed by atoms with Gasteiger partial charge < -0.3 is 39.6 Å². The molecule has 3 N–H and O–H groups in total. The van der Waals surface area contributed by atoms with Gasteiger partial charge in [-0.15, -0.1) is 11.8 Å². The van der Waals surface area contributed by atoms with E-state index in [9.17, 15) is 28.4 Å². The number of carbonyl (C=O) groups is 5. The molecule has 380 valence electrons. The van der Waals surface area contributed by atoms with E-state index in [4.69, 9.17) is 14.2 Å². The third-order valence-corrected chi connectivity index (χ3v) is 14.0. The summed E-state index contributed by atoms with van der Waals surface area (Å²) in [6.07, 6.45) is 0.580. The molecule has 0 aliphatic heterocycles. The highest BCUT2D eigenvalue weighted by Gasteiger charge is 2.37. The van der Waals surface area contributed by atoms with Crippen molar-refractivity contribution in [3.8, 4) is 11.1 Å². The number of nitrogens with one attached hydrogen (secondary N) is 3. The molecule has 1 aromatic heterocycles. The molecule has 0 spiro atoms. The van der Waals surface area contributed by atoms with Crippen molar-refractivity contribution in [1.82, 2.24) is 25.4 Å². The first-order valence-corrected chi connectivity index (χ1v) is 28.6. The van der Waals surface area contributed by atoms with E-state index in [1.807, 2.05) is 104 Å². The summed E-state index contributed by atoms with van der Waals surface area (Å²) in [5.41, 5.74) is 3.01. The maximum Gasteiger partial charge on any atom is 0.408 e. The van der Waals surface area contributed by atoms with Gasteiger partial charge in [0.2, 0.25) is 11.8 Å². The Balaban J connectivity index is 1.38. The summed E-state index contributed by atoms with van der Waals surface area (Å²) in [4.78, 5) is 68.7. The molecule has 71 heavy (non-hydrogen) atoms. The van der Waals surface area contributed by atoms with Gasteiger partial charge in [-0.05, 0) is 58.8 Å². The Morgan fingerprint density at radius 3 is 1.99 bits per heavy atom. The van der Waals surface area contributed by atoms with E-state index in [1.165, 1.54) is 0 Å². The van der Waals surface area contributed by atoms with Crippen LogP contribution in [-0.2, 0) is 48.4 Å². The zero-order valence-electron chi connectivity index (χ0n) is 41.5. The zero-order chi connectivity index (χ0) is 51.4. The van der Waals surface area contributed by atoms with Gasteiger partial charge in [0.25, 0.3) is 0 Å². The second-order valence-electron chi connectivity index (χ2n) is 19.4. The Kier molecular flexibility index (Phi) is 21.3. The van der Waals surface area contributed by atoms with Crippen molar-refractivity contribution in [3.05, 3.63) is 155 Å². The standard InChI is InChI=1S/C54H67F2N5O8SSi/c1-54(2,3)50(47-31-42(44-32-43(55)23-24-45(44)56)34-60(47)33-39-17-10-7-11-18-39)61(28-16-26-58-52(65)67-29-30-71(4,5)6)48(62)38-70-37-46(59-53(66)69-36-41-21-14-9-15-22-41)51(64)57-27-25-49(63)68-35-40-19-12-8-13-20-40/h7-15,17-24,31-32,34,46,50H,16,25-30,33,35-38H2,1-6H3,(H,57,64)(H,58,65)(H,59,66). The monoisotopic (exact) mass is 1010 g/mol. The van der Waals surface area contributed by atoms with E-state index in [0.29, 0.717) is 30.8 Å². The van der Waals surface area contributed by atoms with E-state index >= 15 is 4.39 Å². The molecule has 0 aliphatic rings. The number of amides is 4. The molecular weight excluding hydrogens is 945 g/mol. The average molecular weight is 1010 g/mol. The quantitative estimate of drug-likeness (QED) is 0.0224. The Morgan fingerprint density at radius 2 is 1.37 bits per heavy atom. The summed E-state index contributed by atoms with van der Waals surface area (Å²) in [6.45, 7) is 13.5. The minimum atomic E-state index is -1.44. The first-order valence-electron chi connectivity index (χ1n) is 23.8. The largest absolute Gasteiger partial charge is 0.461 e. The van der Waals surface area contributed by atoms with E-state index in [2.05, 4.69) is 35.6 Å². The fourth-order valence-electron chi connectivity index (χ4n) is 7.61. The minimum Gasteiger partial charge on any atom is -0.461 e. The summed E-state index contributed by atoms with van der Waals surface area (Å²) in [6, 6.07) is 32.0. The summed E-state index contributed by atoms with van der Waals surface area (Å²) >= 11 is 1.12. The topological polar surface area (TPSA) is 157 Å². The third-order valence-electron chi connectivity index (χ3n) is 11.2. The molecule has 0 fully saturated rings. The summed E-state index contributed by atoms with van der Waals surface area (Å²) in [5.74, 6) is -2.83. The summed E-state index contributed by atoms with van der Waals surface area (Å²) < 4.78 is 48.3. The van der Waals surface area contributed by atoms with Crippen LogP contribution in [0.25, 0.3) is 11.1 Å². The summed E-state index contributed by atoms with van der Waals surface area (Å²) in [7, 11) is -1.44. The first-order chi connectivity index (χ1) is 33.9. The van der Waals surface area contributed by atoms with E-state index in [1.54, 1.807) is 29.3 Å². The van der Waals surface area contributed by atoms with E-state index in [-0.39, 0.29) is 62.2 Å². The van der Waals surface area contributed by atoms with Crippen molar-refractivity contribution in [2.45, 2.75) is 91.1 Å². The van der Waals surface area contributed by atoms with Crippen LogP contribution in [0.5, 0.6) is 0 Å². The SMILES string of the molecule is CC(C)(C)C(c1cc(-c2cc(F)ccc2F)cn1Cc1ccccc1)N(CCCNC(=O)OCC[Si](C)(C)C)C(=O)CSCC(NC(=O)OCc1ccccc1)C(=O)NCCC(=O)OCc1ccccc1. The maximum atomic E-state index is 15.4. The normalized spacial score (nSPS) is 12.3. The number of aromatic nitrogens is 1. The lowest BCUT2D eigenvalue weighted by Gasteiger charge is -2.41. The highest BCUT2D eigenvalue weighted by atomic mass is 32.2. The number of rotatable bonds is 25. The van der Waals surface area contributed by atoms with Crippen LogP contribution in [0, 0.1) is 17.0 Å². The van der Waals surface area contributed by atoms with E-state index in [0.717, 1.165) is 52.7 Å². The molecule has 0 saturated heterocycles. The molecule has 2 atom stereocenters. The predicted molar refractivity (Wildman–Crippen MR) is 276 cm³/mol. The Hall–Kier alpha value is -6.46. The maximum absolute atomic E-state index is 15.4. The highest BCUT2D eigenvalue weighted by Crippen LogP contribution is 2.41. The van der Waals surface area contributed by atoms with Gasteiger partial charge in [0.15, 0.2) is 0 Å². The van der Waals surface area contributed by atoms with Crippen molar-refractivity contribution >= 4 is 49.8 Å². The first kappa shape index (κ1) is 55.5. The molecule has 0 radical (unpaired) electrons. The highest BCUT2D eigenvalue weighted by molar-refractivity contribution is 8.00. The number of thioether (sulfide) groups is 1. The van der Waals surface area contributed by atoms with Gasteiger partial charge in [0, 0.05) is 63.0 Å². The molecule has 0 bridgehead atoms. The second-order valence-corrected chi connectivity index (χ2v) is 26.1. The van der Waals surface area contributed by atoms with Gasteiger partial charge in [-0.1, -0.05) is 131 Å². The molecule has 0 aliphatic carbocycles. The number of nitrogens with zero attached hydrogens (tertiary/aromatic N) is 2. The molecule has 13 nitrogen and oxygen atoms in total. The molecule has 2 unspecified atom stereocenters. The Labute approximate surface area is 421 Å². The minimum absolute atomic E-state index is 0.0480. The van der Waals surface area contributed by atoms with Crippen LogP contribution >= 0.6 is 11.8 Å². The Bertz CT molecular complexity index is 2500. The number of alkyl carbamates (subject to hydrolysis) is 2. The predicted octanol–water partition coefficient (Wildman–Crippen LogP) is 10.1. The molecule has 5 rings (SSSR count). The lowest BCUT2D eigenvalue weighted by atomic mass is 9.83. The molecule has 1 heterocycles. The molecule has 0 saturated carbocycles.